The minimum atomic E-state index is -1.01. The monoisotopic (exact) mass is 975 g/mol. The maximum Gasteiger partial charge on any atom is 1.00 e. The number of aromatic nitrogens is 2. The molecular formula is C57H99KN4O6+2. The summed E-state index contributed by atoms with van der Waals surface area (Å²) in [5, 5.41) is 18.7. The fraction of sp³-hybridized carbons (Fsp3) is 0.719. The summed E-state index contributed by atoms with van der Waals surface area (Å²) in [6.07, 6.45) is 45.7. The van der Waals surface area contributed by atoms with Gasteiger partial charge in [0.25, 0.3) is 11.8 Å². The molecule has 4 atom stereocenters. The number of allylic oxidation sites excluding steroid dienone is 2. The molecule has 2 N–H and O–H groups in total. The van der Waals surface area contributed by atoms with Crippen molar-refractivity contribution in [2.75, 3.05) is 20.3 Å². The van der Waals surface area contributed by atoms with E-state index in [1.54, 1.807) is 17.8 Å². The van der Waals surface area contributed by atoms with E-state index < -0.39 is 12.1 Å². The van der Waals surface area contributed by atoms with Gasteiger partial charge in [0, 0.05) is 37.4 Å². The van der Waals surface area contributed by atoms with Crippen molar-refractivity contribution in [1.82, 2.24) is 10.6 Å². The van der Waals surface area contributed by atoms with Crippen LogP contribution in [0.1, 0.15) is 196 Å². The van der Waals surface area contributed by atoms with E-state index in [0.717, 1.165) is 19.3 Å². The number of hydrogen-bond acceptors (Lipinski definition) is 6. The fourth-order valence-corrected chi connectivity index (χ4v) is 7.87. The van der Waals surface area contributed by atoms with Crippen LogP contribution < -0.4 is 76.3 Å². The summed E-state index contributed by atoms with van der Waals surface area (Å²) in [7, 11) is 1.66. The Bertz CT molecular complexity index is 1480. The van der Waals surface area contributed by atoms with Crippen LogP contribution in [0.25, 0.3) is 0 Å². The molecule has 2 heterocycles. The van der Waals surface area contributed by atoms with Crippen molar-refractivity contribution in [3.8, 4) is 0 Å². The van der Waals surface area contributed by atoms with Crippen LogP contribution in [0.4, 0.5) is 0 Å². The summed E-state index contributed by atoms with van der Waals surface area (Å²) in [5.74, 6) is -0.225. The average Bonchev–Trinajstić information content (AvgIpc) is 3.31. The molecule has 2 aromatic heterocycles. The molecule has 0 unspecified atom stereocenters. The van der Waals surface area contributed by atoms with Gasteiger partial charge in [0.15, 0.2) is 24.8 Å². The smallest absolute Gasteiger partial charge is 0.847 e. The molecule has 0 saturated heterocycles. The number of nitrogens with one attached hydrogen (secondary N) is 2. The van der Waals surface area contributed by atoms with E-state index in [1.165, 1.54) is 135 Å². The first-order valence-corrected chi connectivity index (χ1v) is 26.8. The first-order chi connectivity index (χ1) is 32.6. The van der Waals surface area contributed by atoms with Crippen molar-refractivity contribution in [2.45, 2.75) is 245 Å². The van der Waals surface area contributed by atoms with Crippen LogP contribution in [0.2, 0.25) is 0 Å². The number of carbonyl (C=O) groups is 2. The average molecular weight is 976 g/mol. The largest absolute Gasteiger partial charge is 1.00 e. The minimum absolute atomic E-state index is 0. The number of nitrogens with zero attached hydrogens (tertiary/aromatic N) is 2. The van der Waals surface area contributed by atoms with Crippen molar-refractivity contribution < 1.29 is 89.4 Å². The van der Waals surface area contributed by atoms with Crippen LogP contribution in [-0.2, 0) is 36.9 Å². The number of hydrogen-bond donors (Lipinski definition) is 2. The molecule has 2 rings (SSSR count). The number of amides is 2. The molecule has 2 amide bonds. The van der Waals surface area contributed by atoms with Crippen LogP contribution >= 0.6 is 0 Å². The summed E-state index contributed by atoms with van der Waals surface area (Å²) in [5.41, 5.74) is 0. The van der Waals surface area contributed by atoms with Gasteiger partial charge >= 0.3 is 51.4 Å². The summed E-state index contributed by atoms with van der Waals surface area (Å²) in [6, 6.07) is 10.6. The Labute approximate surface area is 459 Å². The second kappa shape index (κ2) is 47.5. The third-order valence-electron chi connectivity index (χ3n) is 11.7. The molecule has 11 heteroatoms. The van der Waals surface area contributed by atoms with Gasteiger partial charge in [-0.1, -0.05) is 179 Å². The number of methoxy groups -OCH3 is 1. The summed E-state index contributed by atoms with van der Waals surface area (Å²) < 4.78 is 20.8. The van der Waals surface area contributed by atoms with Gasteiger partial charge < -0.3 is 30.0 Å². The van der Waals surface area contributed by atoms with Gasteiger partial charge in [0.1, 0.15) is 0 Å². The molecule has 0 radical (unpaired) electrons. The van der Waals surface area contributed by atoms with E-state index in [2.05, 4.69) is 36.6 Å². The van der Waals surface area contributed by atoms with Crippen molar-refractivity contribution >= 4 is 11.8 Å². The molecule has 0 fully saturated rings. The molecule has 0 spiro atoms. The Hall–Kier alpha value is -1.80. The van der Waals surface area contributed by atoms with Gasteiger partial charge in [-0.25, -0.2) is 0 Å². The van der Waals surface area contributed by atoms with Crippen LogP contribution in [0.5, 0.6) is 0 Å². The van der Waals surface area contributed by atoms with E-state index >= 15 is 0 Å². The zero-order chi connectivity index (χ0) is 49.0. The molecule has 382 valence electrons. The van der Waals surface area contributed by atoms with Gasteiger partial charge in [0.2, 0.25) is 13.1 Å². The topological polar surface area (TPSA) is 117 Å². The minimum Gasteiger partial charge on any atom is -0.847 e. The molecular weight excluding hydrogens is 876 g/mol. The number of carbonyl (C=O) groups excluding carboxylic acids is 2. The van der Waals surface area contributed by atoms with Gasteiger partial charge in [-0.15, -0.1) is 6.08 Å². The second-order valence-electron chi connectivity index (χ2n) is 18.9. The van der Waals surface area contributed by atoms with Crippen molar-refractivity contribution in [2.24, 2.45) is 0 Å². The van der Waals surface area contributed by atoms with Gasteiger partial charge in [-0.3, -0.25) is 9.59 Å². The van der Waals surface area contributed by atoms with Crippen molar-refractivity contribution in [1.29, 1.82) is 0 Å². The van der Waals surface area contributed by atoms with Gasteiger partial charge in [-0.2, -0.15) is 9.13 Å². The fourth-order valence-electron chi connectivity index (χ4n) is 7.87. The quantitative estimate of drug-likeness (QED) is 0.0302. The molecule has 0 bridgehead atoms. The molecule has 0 aliphatic heterocycles. The standard InChI is InChI=1S/C29H50N2O3.C28H48N2O3.K/c1-5-6-7-8-9-10-11-12-13-14-15-16-18-21-28(34-26(2)3)27(25-33-4)30-29(32)24-31-22-19-17-20-23-31;1-4-5-6-7-8-9-10-11-12-13-14-15-17-20-27(31)26(24-33-25(2)3)29-28(32)23-30-21-18-16-19-22-30;/h17-23,26-28H,5-16,24-25H2,1-4H3;16-22,25-27H,4-15,23-24H2,1-3H3,(H,29,32);/q;;+1/p+1/b21-18+;20-17+;/t27-,28-;26-,27-;/m00./s1. The Morgan fingerprint density at radius 3 is 1.29 bits per heavy atom. The predicted octanol–water partition coefficient (Wildman–Crippen LogP) is 8.03. The second-order valence-corrected chi connectivity index (χ2v) is 18.9. The number of ether oxygens (including phenoxy) is 3. The molecule has 10 nitrogen and oxygen atoms in total. The Balaban J connectivity index is 0.00000130. The third-order valence-corrected chi connectivity index (χ3v) is 11.7. The van der Waals surface area contributed by atoms with Crippen molar-refractivity contribution in [3.05, 3.63) is 85.5 Å². The van der Waals surface area contributed by atoms with Crippen LogP contribution in [0.3, 0.4) is 0 Å². The number of unbranched alkanes of at least 4 members (excludes halogenated alkanes) is 22. The molecule has 0 saturated carbocycles. The number of pyridine rings is 2. The normalized spacial score (nSPS) is 13.3. The Morgan fingerprint density at radius 1 is 0.529 bits per heavy atom. The third kappa shape index (κ3) is 39.9. The van der Waals surface area contributed by atoms with E-state index in [9.17, 15) is 14.7 Å². The van der Waals surface area contributed by atoms with E-state index in [1.807, 2.05) is 99.5 Å². The Kier molecular flexibility index (Phi) is 46.3. The van der Waals surface area contributed by atoms with Crippen molar-refractivity contribution in [3.63, 3.8) is 0 Å². The maximum atomic E-state index is 12.7. The molecule has 68 heavy (non-hydrogen) atoms. The SMILES string of the molecule is CCCCCCCCCCCCC/C=C/[C@H](OC(C)C)[C@H](COC)NC(=O)C[n+]1ccccc1.CCCCCCCCCCCCC/C=C/[C@H]([O-])[C@H](COC(C)C)NC(=O)C[n+]1ccccc1.[K+]. The molecule has 0 aromatic carbocycles. The first-order valence-electron chi connectivity index (χ1n) is 26.8. The van der Waals surface area contributed by atoms with Crippen LogP contribution in [-0.4, -0.2) is 68.6 Å². The number of rotatable bonds is 41. The summed E-state index contributed by atoms with van der Waals surface area (Å²) >= 11 is 0. The van der Waals surface area contributed by atoms with E-state index in [0.29, 0.717) is 6.61 Å². The molecule has 0 aliphatic carbocycles. The zero-order valence-electron chi connectivity index (χ0n) is 44.7. The summed E-state index contributed by atoms with van der Waals surface area (Å²) in [6.45, 7) is 13.5. The molecule has 0 aliphatic rings. The molecule has 2 aromatic rings. The first kappa shape index (κ1) is 66.2. The summed E-state index contributed by atoms with van der Waals surface area (Å²) in [4.78, 5) is 25.0. The van der Waals surface area contributed by atoms with E-state index in [-0.39, 0.29) is 107 Å². The maximum absolute atomic E-state index is 12.7. The Morgan fingerprint density at radius 2 is 0.912 bits per heavy atom. The van der Waals surface area contributed by atoms with Gasteiger partial charge in [0.05, 0.1) is 37.6 Å². The van der Waals surface area contributed by atoms with E-state index in [4.69, 9.17) is 14.2 Å². The van der Waals surface area contributed by atoms with Gasteiger partial charge in [-0.05, 0) is 53.4 Å². The van der Waals surface area contributed by atoms with Crippen LogP contribution in [0.15, 0.2) is 85.5 Å². The predicted molar refractivity (Wildman–Crippen MR) is 274 cm³/mol. The zero-order valence-corrected chi connectivity index (χ0v) is 47.8. The van der Waals surface area contributed by atoms with Crippen LogP contribution in [0, 0.1) is 0 Å².